The van der Waals surface area contributed by atoms with Gasteiger partial charge in [0.05, 0.1) is 12.7 Å². The minimum Gasteiger partial charge on any atom is -0.414 e. The molecular weight excluding hydrogens is 180 g/mol. The summed E-state index contributed by atoms with van der Waals surface area (Å²) in [6, 6.07) is 3.39. The van der Waals surface area contributed by atoms with Gasteiger partial charge in [-0.25, -0.2) is 0 Å². The van der Waals surface area contributed by atoms with E-state index in [1.165, 1.54) is 6.08 Å². The summed E-state index contributed by atoms with van der Waals surface area (Å²) in [4.78, 5) is 0. The van der Waals surface area contributed by atoms with E-state index in [4.69, 9.17) is 4.43 Å². The Morgan fingerprint density at radius 3 is 2.08 bits per heavy atom. The van der Waals surface area contributed by atoms with Crippen molar-refractivity contribution in [3.63, 3.8) is 0 Å². The molecule has 78 valence electrons. The van der Waals surface area contributed by atoms with Crippen LogP contribution in [-0.2, 0) is 4.43 Å². The fourth-order valence-electron chi connectivity index (χ4n) is 1.39. The molecule has 13 heavy (non-hydrogen) atoms. The first kappa shape index (κ1) is 12.9. The van der Waals surface area contributed by atoms with Crippen molar-refractivity contribution in [2.24, 2.45) is 0 Å². The van der Waals surface area contributed by atoms with Crippen LogP contribution in [0, 0.1) is 0 Å². The SMILES string of the molecule is C=C[C@@H](O)CO[Si](CC)(CC)CC. The summed E-state index contributed by atoms with van der Waals surface area (Å²) < 4.78 is 5.85. The maximum Gasteiger partial charge on any atom is 0.192 e. The lowest BCUT2D eigenvalue weighted by Gasteiger charge is -2.28. The highest BCUT2D eigenvalue weighted by Crippen LogP contribution is 2.21. The summed E-state index contributed by atoms with van der Waals surface area (Å²) in [5.41, 5.74) is 0. The Kier molecular flexibility index (Phi) is 6.29. The monoisotopic (exact) mass is 202 g/mol. The standard InChI is InChI=1S/C10H22O2Si/c1-5-10(11)9-12-13(6-2,7-3)8-4/h5,10-11H,1,6-9H2,2-4H3/t10-/m1/s1. The first-order chi connectivity index (χ1) is 6.14. The molecule has 0 amide bonds. The quantitative estimate of drug-likeness (QED) is 0.508. The lowest BCUT2D eigenvalue weighted by Crippen LogP contribution is -2.38. The van der Waals surface area contributed by atoms with E-state index < -0.39 is 14.4 Å². The molecule has 0 aromatic heterocycles. The van der Waals surface area contributed by atoms with Crippen molar-refractivity contribution < 1.29 is 9.53 Å². The first-order valence-electron chi connectivity index (χ1n) is 5.08. The average molecular weight is 202 g/mol. The van der Waals surface area contributed by atoms with Crippen LogP contribution in [0.1, 0.15) is 20.8 Å². The summed E-state index contributed by atoms with van der Waals surface area (Å²) in [7, 11) is -1.50. The molecule has 1 atom stereocenters. The van der Waals surface area contributed by atoms with Crippen LogP contribution in [0.15, 0.2) is 12.7 Å². The van der Waals surface area contributed by atoms with E-state index >= 15 is 0 Å². The Balaban J connectivity index is 4.02. The van der Waals surface area contributed by atoms with E-state index in [1.807, 2.05) is 0 Å². The highest BCUT2D eigenvalue weighted by atomic mass is 28.4. The zero-order valence-electron chi connectivity index (χ0n) is 9.05. The molecule has 0 aromatic rings. The summed E-state index contributed by atoms with van der Waals surface area (Å²) in [6.45, 7) is 10.5. The molecule has 0 radical (unpaired) electrons. The second-order valence-corrected chi connectivity index (χ2v) is 8.13. The zero-order chi connectivity index (χ0) is 10.3. The van der Waals surface area contributed by atoms with Gasteiger partial charge in [0, 0.05) is 0 Å². The van der Waals surface area contributed by atoms with Crippen LogP contribution in [0.2, 0.25) is 18.1 Å². The van der Waals surface area contributed by atoms with Gasteiger partial charge in [-0.2, -0.15) is 0 Å². The van der Waals surface area contributed by atoms with Crippen molar-refractivity contribution in [3.8, 4) is 0 Å². The van der Waals surface area contributed by atoms with E-state index in [0.29, 0.717) is 6.61 Å². The Bertz CT molecular complexity index is 136. The third-order valence-corrected chi connectivity index (χ3v) is 7.41. The van der Waals surface area contributed by atoms with E-state index in [-0.39, 0.29) is 0 Å². The molecule has 2 nitrogen and oxygen atoms in total. The number of aliphatic hydroxyl groups is 1. The zero-order valence-corrected chi connectivity index (χ0v) is 10.0. The Labute approximate surface area is 82.7 Å². The third kappa shape index (κ3) is 4.07. The van der Waals surface area contributed by atoms with Crippen LogP contribution in [0.3, 0.4) is 0 Å². The van der Waals surface area contributed by atoms with E-state index in [2.05, 4.69) is 27.4 Å². The number of hydrogen-bond acceptors (Lipinski definition) is 2. The van der Waals surface area contributed by atoms with E-state index in [0.717, 1.165) is 18.1 Å². The molecule has 0 heterocycles. The van der Waals surface area contributed by atoms with Crippen molar-refractivity contribution in [3.05, 3.63) is 12.7 Å². The fraction of sp³-hybridized carbons (Fsp3) is 0.800. The lowest BCUT2D eigenvalue weighted by molar-refractivity contribution is 0.138. The van der Waals surface area contributed by atoms with Gasteiger partial charge in [-0.05, 0) is 18.1 Å². The molecule has 3 heteroatoms. The highest BCUT2D eigenvalue weighted by molar-refractivity contribution is 6.73. The number of rotatable bonds is 7. The molecule has 0 aliphatic rings. The van der Waals surface area contributed by atoms with Gasteiger partial charge in [-0.15, -0.1) is 6.58 Å². The van der Waals surface area contributed by atoms with Gasteiger partial charge >= 0.3 is 0 Å². The molecule has 0 fully saturated rings. The predicted molar refractivity (Wildman–Crippen MR) is 59.4 cm³/mol. The summed E-state index contributed by atoms with van der Waals surface area (Å²) in [5.74, 6) is 0. The van der Waals surface area contributed by atoms with Crippen LogP contribution in [0.4, 0.5) is 0 Å². The van der Waals surface area contributed by atoms with Crippen molar-refractivity contribution in [2.75, 3.05) is 6.61 Å². The molecule has 0 aliphatic carbocycles. The maximum atomic E-state index is 9.29. The normalized spacial score (nSPS) is 14.2. The number of hydrogen-bond donors (Lipinski definition) is 1. The van der Waals surface area contributed by atoms with Gasteiger partial charge < -0.3 is 9.53 Å². The lowest BCUT2D eigenvalue weighted by atomic mass is 10.4. The van der Waals surface area contributed by atoms with Gasteiger partial charge in [0.15, 0.2) is 8.32 Å². The molecule has 0 rings (SSSR count). The second kappa shape index (κ2) is 6.35. The smallest absolute Gasteiger partial charge is 0.192 e. The molecule has 0 saturated heterocycles. The van der Waals surface area contributed by atoms with Crippen LogP contribution in [0.25, 0.3) is 0 Å². The largest absolute Gasteiger partial charge is 0.414 e. The van der Waals surface area contributed by atoms with Gasteiger partial charge in [0.2, 0.25) is 0 Å². The summed E-state index contributed by atoms with van der Waals surface area (Å²) in [6.07, 6.45) is 1.02. The second-order valence-electron chi connectivity index (χ2n) is 3.36. The Morgan fingerprint density at radius 1 is 1.31 bits per heavy atom. The van der Waals surface area contributed by atoms with Crippen LogP contribution >= 0.6 is 0 Å². The minimum atomic E-state index is -1.50. The average Bonchev–Trinajstić information content (AvgIpc) is 2.20. The highest BCUT2D eigenvalue weighted by Gasteiger charge is 2.28. The Hall–Kier alpha value is -0.123. The molecule has 0 unspecified atom stereocenters. The van der Waals surface area contributed by atoms with Crippen molar-refractivity contribution in [1.29, 1.82) is 0 Å². The predicted octanol–water partition coefficient (Wildman–Crippen LogP) is 2.56. The van der Waals surface area contributed by atoms with Gasteiger partial charge in [-0.3, -0.25) is 0 Å². The van der Waals surface area contributed by atoms with Crippen molar-refractivity contribution in [2.45, 2.75) is 45.0 Å². The fourth-order valence-corrected chi connectivity index (χ4v) is 4.02. The minimum absolute atomic E-state index is 0.422. The summed E-state index contributed by atoms with van der Waals surface area (Å²) in [5, 5.41) is 9.29. The molecule has 0 saturated carbocycles. The van der Waals surface area contributed by atoms with Crippen LogP contribution < -0.4 is 0 Å². The summed E-state index contributed by atoms with van der Waals surface area (Å²) >= 11 is 0. The first-order valence-corrected chi connectivity index (χ1v) is 7.61. The molecule has 0 aliphatic heterocycles. The van der Waals surface area contributed by atoms with Gasteiger partial charge in [0.1, 0.15) is 0 Å². The number of aliphatic hydroxyl groups excluding tert-OH is 1. The van der Waals surface area contributed by atoms with E-state index in [9.17, 15) is 5.11 Å². The molecular formula is C10H22O2Si. The maximum absolute atomic E-state index is 9.29. The van der Waals surface area contributed by atoms with E-state index in [1.54, 1.807) is 0 Å². The van der Waals surface area contributed by atoms with Gasteiger partial charge in [0.25, 0.3) is 0 Å². The van der Waals surface area contributed by atoms with Gasteiger partial charge in [-0.1, -0.05) is 26.8 Å². The Morgan fingerprint density at radius 2 is 1.77 bits per heavy atom. The van der Waals surface area contributed by atoms with Crippen molar-refractivity contribution in [1.82, 2.24) is 0 Å². The van der Waals surface area contributed by atoms with Crippen molar-refractivity contribution >= 4 is 8.32 Å². The molecule has 0 aromatic carbocycles. The molecule has 0 bridgehead atoms. The molecule has 1 N–H and O–H groups in total. The van der Waals surface area contributed by atoms with Crippen LogP contribution in [-0.4, -0.2) is 26.1 Å². The van der Waals surface area contributed by atoms with Crippen LogP contribution in [0.5, 0.6) is 0 Å². The topological polar surface area (TPSA) is 29.5 Å². The third-order valence-electron chi connectivity index (χ3n) is 2.77. The molecule has 0 spiro atoms.